The highest BCUT2D eigenvalue weighted by Gasteiger charge is 2.31. The van der Waals surface area contributed by atoms with Crippen molar-refractivity contribution < 1.29 is 14.2 Å². The zero-order valence-electron chi connectivity index (χ0n) is 11.3. The summed E-state index contributed by atoms with van der Waals surface area (Å²) in [5.41, 5.74) is -0.108. The van der Waals surface area contributed by atoms with Gasteiger partial charge in [-0.25, -0.2) is 0 Å². The van der Waals surface area contributed by atoms with Crippen molar-refractivity contribution in [3.63, 3.8) is 0 Å². The minimum absolute atomic E-state index is 0.0929. The second-order valence-corrected chi connectivity index (χ2v) is 5.63. The molecule has 3 atom stereocenters. The predicted molar refractivity (Wildman–Crippen MR) is 67.8 cm³/mol. The lowest BCUT2D eigenvalue weighted by molar-refractivity contribution is -0.147. The Morgan fingerprint density at radius 2 is 2.06 bits per heavy atom. The first-order chi connectivity index (χ1) is 7.42. The van der Waals surface area contributed by atoms with Crippen LogP contribution in [0.5, 0.6) is 0 Å². The third kappa shape index (κ3) is 4.85. The molecule has 0 aliphatic carbocycles. The molecule has 1 saturated heterocycles. The number of rotatable bonds is 4. The molecule has 0 radical (unpaired) electrons. The van der Waals surface area contributed by atoms with E-state index in [1.54, 1.807) is 0 Å². The van der Waals surface area contributed by atoms with Crippen LogP contribution in [0.1, 0.15) is 34.1 Å². The van der Waals surface area contributed by atoms with Crippen LogP contribution in [0.15, 0.2) is 0 Å². The topological polar surface area (TPSA) is 27.7 Å². The quantitative estimate of drug-likeness (QED) is 0.681. The van der Waals surface area contributed by atoms with Crippen molar-refractivity contribution in [2.24, 2.45) is 0 Å². The van der Waals surface area contributed by atoms with Crippen LogP contribution in [0.25, 0.3) is 0 Å². The Kier molecular flexibility index (Phi) is 5.28. The van der Waals surface area contributed by atoms with E-state index in [-0.39, 0.29) is 17.8 Å². The molecule has 0 amide bonds. The Morgan fingerprint density at radius 3 is 2.62 bits per heavy atom. The summed E-state index contributed by atoms with van der Waals surface area (Å²) >= 11 is 0. The summed E-state index contributed by atoms with van der Waals surface area (Å²) in [5, 5.41) is 0. The SMILES string of the molecule is BC1COC(COC(C)(C)C)C(OCC)C1. The van der Waals surface area contributed by atoms with Crippen LogP contribution in [0.3, 0.4) is 0 Å². The van der Waals surface area contributed by atoms with E-state index in [0.29, 0.717) is 12.4 Å². The molecular weight excluding hydrogens is 203 g/mol. The Hall–Kier alpha value is -0.0551. The van der Waals surface area contributed by atoms with Crippen LogP contribution in [0.2, 0.25) is 5.82 Å². The van der Waals surface area contributed by atoms with Gasteiger partial charge >= 0.3 is 0 Å². The van der Waals surface area contributed by atoms with Crippen molar-refractivity contribution in [3.05, 3.63) is 0 Å². The van der Waals surface area contributed by atoms with Crippen molar-refractivity contribution in [1.82, 2.24) is 0 Å². The van der Waals surface area contributed by atoms with E-state index >= 15 is 0 Å². The minimum atomic E-state index is -0.108. The zero-order chi connectivity index (χ0) is 12.2. The average molecular weight is 228 g/mol. The standard InChI is InChI=1S/C12H25BO3/c1-5-14-10-6-9(13)7-15-11(10)8-16-12(2,3)4/h9-11H,5-8,13H2,1-4H3. The fourth-order valence-electron chi connectivity index (χ4n) is 1.89. The molecule has 0 spiro atoms. The first-order valence-corrected chi connectivity index (χ1v) is 6.29. The van der Waals surface area contributed by atoms with E-state index in [4.69, 9.17) is 14.2 Å². The predicted octanol–water partition coefficient (Wildman–Crippen LogP) is 1.42. The summed E-state index contributed by atoms with van der Waals surface area (Å²) < 4.78 is 17.3. The molecule has 0 N–H and O–H groups in total. The number of ether oxygens (including phenoxy) is 3. The van der Waals surface area contributed by atoms with E-state index < -0.39 is 0 Å². The Morgan fingerprint density at radius 1 is 1.38 bits per heavy atom. The summed E-state index contributed by atoms with van der Waals surface area (Å²) in [6, 6.07) is 0. The highest BCUT2D eigenvalue weighted by atomic mass is 16.6. The molecule has 4 heteroatoms. The number of hydrogen-bond donors (Lipinski definition) is 0. The second-order valence-electron chi connectivity index (χ2n) is 5.63. The van der Waals surface area contributed by atoms with Crippen molar-refractivity contribution in [1.29, 1.82) is 0 Å². The van der Waals surface area contributed by atoms with E-state index in [1.807, 2.05) is 6.92 Å². The minimum Gasteiger partial charge on any atom is -0.376 e. The van der Waals surface area contributed by atoms with Gasteiger partial charge in [-0.05, 0) is 39.9 Å². The molecule has 1 heterocycles. The van der Waals surface area contributed by atoms with Crippen LogP contribution < -0.4 is 0 Å². The first-order valence-electron chi connectivity index (χ1n) is 6.29. The Balaban J connectivity index is 2.42. The van der Waals surface area contributed by atoms with Gasteiger partial charge in [0.05, 0.1) is 18.3 Å². The summed E-state index contributed by atoms with van der Waals surface area (Å²) in [5.74, 6) is 0.586. The van der Waals surface area contributed by atoms with Gasteiger partial charge in [0, 0.05) is 13.2 Å². The molecule has 1 rings (SSSR count). The molecule has 1 fully saturated rings. The zero-order valence-corrected chi connectivity index (χ0v) is 11.3. The van der Waals surface area contributed by atoms with E-state index in [2.05, 4.69) is 28.6 Å². The van der Waals surface area contributed by atoms with Gasteiger partial charge in [0.2, 0.25) is 0 Å². The molecule has 0 bridgehead atoms. The molecule has 94 valence electrons. The van der Waals surface area contributed by atoms with E-state index in [0.717, 1.165) is 19.6 Å². The maximum absolute atomic E-state index is 5.80. The van der Waals surface area contributed by atoms with E-state index in [9.17, 15) is 0 Å². The van der Waals surface area contributed by atoms with Crippen molar-refractivity contribution >= 4 is 7.85 Å². The third-order valence-corrected chi connectivity index (χ3v) is 2.71. The van der Waals surface area contributed by atoms with Crippen LogP contribution >= 0.6 is 0 Å². The largest absolute Gasteiger partial charge is 0.376 e. The highest BCUT2D eigenvalue weighted by molar-refractivity contribution is 6.11. The lowest BCUT2D eigenvalue weighted by Gasteiger charge is -2.36. The summed E-state index contributed by atoms with van der Waals surface area (Å²) in [6.45, 7) is 10.4. The molecule has 0 aromatic carbocycles. The van der Waals surface area contributed by atoms with Crippen LogP contribution in [-0.2, 0) is 14.2 Å². The van der Waals surface area contributed by atoms with Gasteiger partial charge in [-0.3, -0.25) is 0 Å². The fourth-order valence-corrected chi connectivity index (χ4v) is 1.89. The molecule has 3 nitrogen and oxygen atoms in total. The Bertz CT molecular complexity index is 203. The van der Waals surface area contributed by atoms with Crippen LogP contribution in [0, 0.1) is 0 Å². The normalized spacial score (nSPS) is 31.6. The van der Waals surface area contributed by atoms with Gasteiger partial charge in [-0.15, -0.1) is 0 Å². The lowest BCUT2D eigenvalue weighted by Crippen LogP contribution is -2.43. The average Bonchev–Trinajstić information content (AvgIpc) is 2.15. The lowest BCUT2D eigenvalue weighted by atomic mass is 9.80. The van der Waals surface area contributed by atoms with E-state index in [1.165, 1.54) is 0 Å². The molecule has 1 aliphatic heterocycles. The molecule has 3 unspecified atom stereocenters. The first kappa shape index (κ1) is 14.0. The van der Waals surface area contributed by atoms with Gasteiger partial charge < -0.3 is 14.2 Å². The van der Waals surface area contributed by atoms with Crippen LogP contribution in [-0.4, -0.2) is 45.5 Å². The molecule has 0 aromatic rings. The molecule has 1 aliphatic rings. The monoisotopic (exact) mass is 228 g/mol. The molecular formula is C12H25BO3. The van der Waals surface area contributed by atoms with Crippen molar-refractivity contribution in [2.75, 3.05) is 19.8 Å². The van der Waals surface area contributed by atoms with Crippen molar-refractivity contribution in [2.45, 2.75) is 57.7 Å². The molecule has 0 aromatic heterocycles. The van der Waals surface area contributed by atoms with Crippen molar-refractivity contribution in [3.8, 4) is 0 Å². The van der Waals surface area contributed by atoms with Gasteiger partial charge in [-0.2, -0.15) is 0 Å². The Labute approximate surface area is 100 Å². The molecule has 16 heavy (non-hydrogen) atoms. The van der Waals surface area contributed by atoms with Gasteiger partial charge in [0.1, 0.15) is 14.0 Å². The fraction of sp³-hybridized carbons (Fsp3) is 1.00. The van der Waals surface area contributed by atoms with Crippen LogP contribution in [0.4, 0.5) is 0 Å². The maximum atomic E-state index is 5.80. The van der Waals surface area contributed by atoms with Gasteiger partial charge in [0.25, 0.3) is 0 Å². The third-order valence-electron chi connectivity index (χ3n) is 2.71. The number of hydrogen-bond acceptors (Lipinski definition) is 3. The summed E-state index contributed by atoms with van der Waals surface area (Å²) in [4.78, 5) is 0. The highest BCUT2D eigenvalue weighted by Crippen LogP contribution is 2.25. The smallest absolute Gasteiger partial charge is 0.108 e. The van der Waals surface area contributed by atoms with Gasteiger partial charge in [-0.1, -0.05) is 0 Å². The molecule has 0 saturated carbocycles. The van der Waals surface area contributed by atoms with Gasteiger partial charge in [0.15, 0.2) is 0 Å². The summed E-state index contributed by atoms with van der Waals surface area (Å²) in [7, 11) is 2.20. The summed E-state index contributed by atoms with van der Waals surface area (Å²) in [6.07, 6.45) is 1.36. The second kappa shape index (κ2) is 6.03. The maximum Gasteiger partial charge on any atom is 0.108 e.